The van der Waals surface area contributed by atoms with Crippen molar-refractivity contribution in [1.29, 1.82) is 0 Å². The zero-order valence-corrected chi connectivity index (χ0v) is 16.4. The van der Waals surface area contributed by atoms with Crippen molar-refractivity contribution in [2.24, 2.45) is 11.8 Å². The number of nitrogens with one attached hydrogen (secondary N) is 1. The second kappa shape index (κ2) is 6.76. The Balaban J connectivity index is 1.35. The molecule has 0 saturated carbocycles. The van der Waals surface area contributed by atoms with Gasteiger partial charge in [0, 0.05) is 43.9 Å². The molecule has 150 valence electrons. The average Bonchev–Trinajstić information content (AvgIpc) is 3.57. The Morgan fingerprint density at radius 2 is 1.93 bits per heavy atom. The number of hydrogen-bond acceptors (Lipinski definition) is 4. The molecule has 5 heterocycles. The second-order valence-corrected chi connectivity index (χ2v) is 8.19. The predicted molar refractivity (Wildman–Crippen MR) is 114 cm³/mol. The van der Waals surface area contributed by atoms with Gasteiger partial charge < -0.3 is 19.2 Å². The number of benzene rings is 1. The van der Waals surface area contributed by atoms with E-state index in [-0.39, 0.29) is 11.9 Å². The molecule has 2 aliphatic rings. The fourth-order valence-corrected chi connectivity index (χ4v) is 5.25. The van der Waals surface area contributed by atoms with E-state index in [1.54, 1.807) is 12.5 Å². The molecule has 3 aromatic heterocycles. The van der Waals surface area contributed by atoms with E-state index in [0.717, 1.165) is 36.4 Å². The molecule has 6 rings (SSSR count). The van der Waals surface area contributed by atoms with Crippen LogP contribution < -0.4 is 4.90 Å². The molecule has 30 heavy (non-hydrogen) atoms. The summed E-state index contributed by atoms with van der Waals surface area (Å²) >= 11 is 0. The van der Waals surface area contributed by atoms with E-state index in [4.69, 9.17) is 4.42 Å². The lowest BCUT2D eigenvalue weighted by Gasteiger charge is -2.30. The van der Waals surface area contributed by atoms with Gasteiger partial charge >= 0.3 is 0 Å². The second-order valence-electron chi connectivity index (χ2n) is 8.19. The highest BCUT2D eigenvalue weighted by Crippen LogP contribution is 2.46. The summed E-state index contributed by atoms with van der Waals surface area (Å²) in [4.78, 5) is 25.4. The molecule has 0 aliphatic carbocycles. The first kappa shape index (κ1) is 17.3. The van der Waals surface area contributed by atoms with E-state index >= 15 is 0 Å². The number of hydrogen-bond donors (Lipinski definition) is 1. The zero-order chi connectivity index (χ0) is 20.1. The topological polar surface area (TPSA) is 65.4 Å². The van der Waals surface area contributed by atoms with Gasteiger partial charge in [0.15, 0.2) is 0 Å². The quantitative estimate of drug-likeness (QED) is 0.564. The number of amides is 1. The van der Waals surface area contributed by atoms with Crippen LogP contribution in [0, 0.1) is 11.8 Å². The van der Waals surface area contributed by atoms with Crippen LogP contribution in [0.5, 0.6) is 0 Å². The number of rotatable bonds is 3. The fraction of sp³-hybridized carbons (Fsp3) is 0.250. The Morgan fingerprint density at radius 1 is 1.03 bits per heavy atom. The number of likely N-dealkylation sites (tertiary alicyclic amines) is 1. The van der Waals surface area contributed by atoms with E-state index in [9.17, 15) is 4.79 Å². The van der Waals surface area contributed by atoms with Crippen LogP contribution in [-0.4, -0.2) is 40.4 Å². The minimum atomic E-state index is 0.0561. The molecule has 6 nitrogen and oxygen atoms in total. The molecule has 2 fully saturated rings. The number of fused-ring (bicyclic) bond motifs is 2. The lowest BCUT2D eigenvalue weighted by molar-refractivity contribution is 0.0710. The molecule has 6 heteroatoms. The maximum atomic E-state index is 13.3. The number of pyridine rings is 1. The van der Waals surface area contributed by atoms with Gasteiger partial charge in [-0.25, -0.2) is 4.98 Å². The summed E-state index contributed by atoms with van der Waals surface area (Å²) < 4.78 is 5.57. The van der Waals surface area contributed by atoms with Gasteiger partial charge in [-0.2, -0.15) is 0 Å². The summed E-state index contributed by atoms with van der Waals surface area (Å²) in [6.07, 6.45) is 5.34. The van der Waals surface area contributed by atoms with Gasteiger partial charge in [-0.3, -0.25) is 4.79 Å². The van der Waals surface area contributed by atoms with Gasteiger partial charge in [-0.1, -0.05) is 30.3 Å². The molecule has 4 aromatic rings. The molecule has 0 unspecified atom stereocenters. The first-order chi connectivity index (χ1) is 14.8. The Kier molecular flexibility index (Phi) is 3.91. The number of carbonyl (C=O) groups excluding carboxylic acids is 1. The highest BCUT2D eigenvalue weighted by atomic mass is 16.3. The van der Waals surface area contributed by atoms with Crippen molar-refractivity contribution in [2.45, 2.75) is 6.04 Å². The third-order valence-electron chi connectivity index (χ3n) is 6.55. The Morgan fingerprint density at radius 3 is 2.77 bits per heavy atom. The minimum Gasteiger partial charge on any atom is -0.464 e. The number of furan rings is 1. The SMILES string of the molecule is O=C(c1ccc[nH]1)N1C[C@@H]2CN(c3nccc4occc34)C[C@@H]2[C@H]1c1ccccc1. The summed E-state index contributed by atoms with van der Waals surface area (Å²) in [7, 11) is 0. The summed E-state index contributed by atoms with van der Waals surface area (Å²) in [5.74, 6) is 1.81. The summed E-state index contributed by atoms with van der Waals surface area (Å²) in [6.45, 7) is 2.51. The van der Waals surface area contributed by atoms with E-state index in [1.165, 1.54) is 5.56 Å². The van der Waals surface area contributed by atoms with Crippen molar-refractivity contribution in [1.82, 2.24) is 14.9 Å². The lowest BCUT2D eigenvalue weighted by atomic mass is 9.89. The summed E-state index contributed by atoms with van der Waals surface area (Å²) in [5.41, 5.74) is 2.71. The molecular formula is C24H22N4O2. The number of carbonyl (C=O) groups is 1. The van der Waals surface area contributed by atoms with Gasteiger partial charge in [0.05, 0.1) is 17.7 Å². The van der Waals surface area contributed by atoms with Crippen LogP contribution in [0.2, 0.25) is 0 Å². The molecule has 0 spiro atoms. The molecule has 2 aliphatic heterocycles. The van der Waals surface area contributed by atoms with Crippen molar-refractivity contribution < 1.29 is 9.21 Å². The number of aromatic nitrogens is 2. The number of H-pyrrole nitrogens is 1. The van der Waals surface area contributed by atoms with Crippen molar-refractivity contribution in [3.63, 3.8) is 0 Å². The molecule has 3 atom stereocenters. The van der Waals surface area contributed by atoms with Crippen LogP contribution in [-0.2, 0) is 0 Å². The smallest absolute Gasteiger partial charge is 0.270 e. The fourth-order valence-electron chi connectivity index (χ4n) is 5.25. The van der Waals surface area contributed by atoms with Gasteiger partial charge in [-0.15, -0.1) is 0 Å². The molecule has 2 saturated heterocycles. The molecule has 0 bridgehead atoms. The van der Waals surface area contributed by atoms with Crippen molar-refractivity contribution in [3.05, 3.63) is 84.5 Å². The van der Waals surface area contributed by atoms with Gasteiger partial charge in [-0.05, 0) is 29.8 Å². The van der Waals surface area contributed by atoms with Crippen LogP contribution in [0.3, 0.4) is 0 Å². The largest absolute Gasteiger partial charge is 0.464 e. The third-order valence-corrected chi connectivity index (χ3v) is 6.55. The average molecular weight is 398 g/mol. The molecule has 1 aromatic carbocycles. The lowest BCUT2D eigenvalue weighted by Crippen LogP contribution is -2.36. The van der Waals surface area contributed by atoms with E-state index in [0.29, 0.717) is 17.5 Å². The summed E-state index contributed by atoms with van der Waals surface area (Å²) in [5, 5.41) is 1.05. The first-order valence-electron chi connectivity index (χ1n) is 10.4. The van der Waals surface area contributed by atoms with Gasteiger partial charge in [0.25, 0.3) is 5.91 Å². The standard InChI is InChI=1S/C24H22N4O2/c29-24(20-7-4-10-25-20)28-14-17-13-27(23-18-9-12-30-21(18)8-11-26-23)15-19(17)22(28)16-5-2-1-3-6-16/h1-12,17,19,22,25H,13-15H2/t17-,19-,22+/m0/s1. The maximum Gasteiger partial charge on any atom is 0.270 e. The Labute approximate surface area is 174 Å². The Hall–Kier alpha value is -3.54. The van der Waals surface area contributed by atoms with Crippen molar-refractivity contribution in [3.8, 4) is 0 Å². The minimum absolute atomic E-state index is 0.0561. The predicted octanol–water partition coefficient (Wildman–Crippen LogP) is 4.11. The molecule has 0 radical (unpaired) electrons. The molecular weight excluding hydrogens is 376 g/mol. The van der Waals surface area contributed by atoms with Gasteiger partial charge in [0.1, 0.15) is 17.1 Å². The van der Waals surface area contributed by atoms with Crippen molar-refractivity contribution >= 4 is 22.7 Å². The van der Waals surface area contributed by atoms with Crippen LogP contribution in [0.25, 0.3) is 11.0 Å². The zero-order valence-electron chi connectivity index (χ0n) is 16.4. The van der Waals surface area contributed by atoms with Crippen LogP contribution in [0.1, 0.15) is 22.1 Å². The highest BCUT2D eigenvalue weighted by molar-refractivity contribution is 5.93. The number of nitrogens with zero attached hydrogens (tertiary/aromatic N) is 3. The maximum absolute atomic E-state index is 13.3. The molecule has 1 amide bonds. The number of anilines is 1. The monoisotopic (exact) mass is 398 g/mol. The van der Waals surface area contributed by atoms with E-state index < -0.39 is 0 Å². The van der Waals surface area contributed by atoms with Crippen molar-refractivity contribution in [2.75, 3.05) is 24.5 Å². The summed E-state index contributed by atoms with van der Waals surface area (Å²) in [6, 6.07) is 18.1. The molecule has 1 N–H and O–H groups in total. The van der Waals surface area contributed by atoms with Gasteiger partial charge in [0.2, 0.25) is 0 Å². The van der Waals surface area contributed by atoms with Crippen LogP contribution in [0.4, 0.5) is 5.82 Å². The third kappa shape index (κ3) is 2.64. The van der Waals surface area contributed by atoms with Crippen LogP contribution in [0.15, 0.2) is 77.7 Å². The Bertz CT molecular complexity index is 1180. The van der Waals surface area contributed by atoms with Crippen LogP contribution >= 0.6 is 0 Å². The van der Waals surface area contributed by atoms with E-state index in [1.807, 2.05) is 36.5 Å². The highest BCUT2D eigenvalue weighted by Gasteiger charge is 2.49. The number of aromatic amines is 1. The normalized spacial score (nSPS) is 23.3. The first-order valence-corrected chi connectivity index (χ1v) is 10.4. The van der Waals surface area contributed by atoms with E-state index in [2.05, 4.69) is 44.0 Å².